The van der Waals surface area contributed by atoms with Gasteiger partial charge in [0.25, 0.3) is 0 Å². The third kappa shape index (κ3) is 3.05. The third-order valence-corrected chi connectivity index (χ3v) is 2.96. The Balaban J connectivity index is 2.22. The molecule has 0 radical (unpaired) electrons. The molecule has 1 aromatic heterocycles. The number of carbonyl (C=O) groups excluding carboxylic acids is 1. The monoisotopic (exact) mass is 276 g/mol. The number of rotatable bonds is 5. The fourth-order valence-corrected chi connectivity index (χ4v) is 2.02. The average molecular weight is 276 g/mol. The van der Waals surface area contributed by atoms with E-state index in [9.17, 15) is 9.18 Å². The standard InChI is InChI=1S/C15H17FN2O2/c1-2-20-15(19)13(17)10-11-6-5-9-18(11)14-8-4-3-7-12(14)16/h3-9,13H,2,10,17H2,1H3. The van der Waals surface area contributed by atoms with Gasteiger partial charge in [0, 0.05) is 18.3 Å². The summed E-state index contributed by atoms with van der Waals surface area (Å²) in [6.45, 7) is 2.02. The molecule has 2 aromatic rings. The van der Waals surface area contributed by atoms with Crippen LogP contribution in [0.2, 0.25) is 0 Å². The summed E-state index contributed by atoms with van der Waals surface area (Å²) in [6, 6.07) is 9.31. The van der Waals surface area contributed by atoms with Gasteiger partial charge >= 0.3 is 5.97 Å². The molecule has 0 amide bonds. The molecule has 1 atom stereocenters. The third-order valence-electron chi connectivity index (χ3n) is 2.96. The van der Waals surface area contributed by atoms with Crippen LogP contribution in [0.15, 0.2) is 42.6 Å². The maximum Gasteiger partial charge on any atom is 0.323 e. The molecule has 20 heavy (non-hydrogen) atoms. The number of nitrogens with zero attached hydrogens (tertiary/aromatic N) is 1. The Morgan fingerprint density at radius 1 is 1.35 bits per heavy atom. The first kappa shape index (κ1) is 14.3. The molecule has 0 aliphatic carbocycles. The van der Waals surface area contributed by atoms with Crippen molar-refractivity contribution in [2.24, 2.45) is 5.73 Å². The molecule has 0 bridgehead atoms. The Morgan fingerprint density at radius 3 is 2.80 bits per heavy atom. The number of ether oxygens (including phenoxy) is 1. The van der Waals surface area contributed by atoms with E-state index < -0.39 is 12.0 Å². The van der Waals surface area contributed by atoms with Crippen LogP contribution in [-0.2, 0) is 16.0 Å². The molecule has 106 valence electrons. The molecule has 2 N–H and O–H groups in total. The number of hydrogen-bond donors (Lipinski definition) is 1. The number of benzene rings is 1. The second-order valence-corrected chi connectivity index (χ2v) is 4.38. The van der Waals surface area contributed by atoms with Crippen LogP contribution < -0.4 is 5.73 Å². The molecule has 0 aliphatic heterocycles. The van der Waals surface area contributed by atoms with E-state index in [2.05, 4.69) is 0 Å². The number of halogens is 1. The summed E-state index contributed by atoms with van der Waals surface area (Å²) < 4.78 is 20.4. The minimum Gasteiger partial charge on any atom is -0.465 e. The van der Waals surface area contributed by atoms with Crippen molar-refractivity contribution in [2.75, 3.05) is 6.61 Å². The van der Waals surface area contributed by atoms with Gasteiger partial charge in [0.05, 0.1) is 12.3 Å². The highest BCUT2D eigenvalue weighted by atomic mass is 19.1. The van der Waals surface area contributed by atoms with Gasteiger partial charge < -0.3 is 15.0 Å². The molecule has 0 saturated carbocycles. The van der Waals surface area contributed by atoms with Crippen molar-refractivity contribution >= 4 is 5.97 Å². The first-order valence-corrected chi connectivity index (χ1v) is 6.46. The normalized spacial score (nSPS) is 12.2. The Morgan fingerprint density at radius 2 is 2.10 bits per heavy atom. The smallest absolute Gasteiger partial charge is 0.323 e. The summed E-state index contributed by atoms with van der Waals surface area (Å²) in [5.41, 5.74) is 6.99. The number of nitrogens with two attached hydrogens (primary N) is 1. The topological polar surface area (TPSA) is 57.2 Å². The Bertz CT molecular complexity index is 595. The minimum atomic E-state index is -0.754. The van der Waals surface area contributed by atoms with Crippen LogP contribution in [-0.4, -0.2) is 23.2 Å². The Labute approximate surface area is 117 Å². The van der Waals surface area contributed by atoms with Crippen molar-refractivity contribution in [1.29, 1.82) is 0 Å². The van der Waals surface area contributed by atoms with Crippen LogP contribution in [0.5, 0.6) is 0 Å². The zero-order chi connectivity index (χ0) is 14.5. The summed E-state index contributed by atoms with van der Waals surface area (Å²) in [5, 5.41) is 0. The van der Waals surface area contributed by atoms with E-state index in [1.807, 2.05) is 6.07 Å². The average Bonchev–Trinajstić information content (AvgIpc) is 2.87. The maximum atomic E-state index is 13.8. The fourth-order valence-electron chi connectivity index (χ4n) is 2.02. The number of carbonyl (C=O) groups is 1. The number of esters is 1. The molecule has 1 unspecified atom stereocenters. The summed E-state index contributed by atoms with van der Waals surface area (Å²) in [6.07, 6.45) is 2.03. The highest BCUT2D eigenvalue weighted by Crippen LogP contribution is 2.17. The van der Waals surface area contributed by atoms with E-state index >= 15 is 0 Å². The molecule has 0 saturated heterocycles. The summed E-state index contributed by atoms with van der Waals surface area (Å²) in [7, 11) is 0. The SMILES string of the molecule is CCOC(=O)C(N)Cc1cccn1-c1ccccc1F. The fraction of sp³-hybridized carbons (Fsp3) is 0.267. The van der Waals surface area contributed by atoms with Gasteiger partial charge in [-0.1, -0.05) is 12.1 Å². The molecule has 0 aliphatic rings. The molecular formula is C15H17FN2O2. The van der Waals surface area contributed by atoms with E-state index in [0.29, 0.717) is 18.7 Å². The first-order chi connectivity index (χ1) is 9.63. The van der Waals surface area contributed by atoms with Gasteiger partial charge in [-0.2, -0.15) is 0 Å². The zero-order valence-corrected chi connectivity index (χ0v) is 11.3. The second kappa shape index (κ2) is 6.34. The van der Waals surface area contributed by atoms with Gasteiger partial charge in [0.15, 0.2) is 0 Å². The lowest BCUT2D eigenvalue weighted by Gasteiger charge is -2.14. The minimum absolute atomic E-state index is 0.292. The van der Waals surface area contributed by atoms with Crippen LogP contribution >= 0.6 is 0 Å². The van der Waals surface area contributed by atoms with Crippen molar-refractivity contribution < 1.29 is 13.9 Å². The highest BCUT2D eigenvalue weighted by Gasteiger charge is 2.17. The van der Waals surface area contributed by atoms with Crippen molar-refractivity contribution in [3.8, 4) is 5.69 Å². The van der Waals surface area contributed by atoms with E-state index in [0.717, 1.165) is 5.69 Å². The van der Waals surface area contributed by atoms with Gasteiger partial charge in [0.1, 0.15) is 11.9 Å². The first-order valence-electron chi connectivity index (χ1n) is 6.46. The maximum absolute atomic E-state index is 13.8. The number of hydrogen-bond acceptors (Lipinski definition) is 3. The molecule has 5 heteroatoms. The summed E-state index contributed by atoms with van der Waals surface area (Å²) in [5.74, 6) is -0.775. The molecule has 4 nitrogen and oxygen atoms in total. The molecule has 0 spiro atoms. The Hall–Kier alpha value is -2.14. The molecule has 0 fully saturated rings. The lowest BCUT2D eigenvalue weighted by Crippen LogP contribution is -2.35. The molecular weight excluding hydrogens is 259 g/mol. The largest absolute Gasteiger partial charge is 0.465 e. The number of aromatic nitrogens is 1. The summed E-state index contributed by atoms with van der Waals surface area (Å²) in [4.78, 5) is 11.6. The van der Waals surface area contributed by atoms with E-state index in [4.69, 9.17) is 10.5 Å². The molecule has 1 aromatic carbocycles. The quantitative estimate of drug-likeness (QED) is 0.850. The van der Waals surface area contributed by atoms with Crippen molar-refractivity contribution in [2.45, 2.75) is 19.4 Å². The Kier molecular flexibility index (Phi) is 4.53. The predicted molar refractivity (Wildman–Crippen MR) is 74.0 cm³/mol. The van der Waals surface area contributed by atoms with Crippen molar-refractivity contribution in [1.82, 2.24) is 4.57 Å². The highest BCUT2D eigenvalue weighted by molar-refractivity contribution is 5.75. The van der Waals surface area contributed by atoms with Gasteiger partial charge in [-0.3, -0.25) is 4.79 Å². The number of para-hydroxylation sites is 1. The van der Waals surface area contributed by atoms with E-state index in [1.54, 1.807) is 42.0 Å². The van der Waals surface area contributed by atoms with Crippen LogP contribution in [0.25, 0.3) is 5.69 Å². The second-order valence-electron chi connectivity index (χ2n) is 4.38. The van der Waals surface area contributed by atoms with Crippen LogP contribution in [0, 0.1) is 5.82 Å². The van der Waals surface area contributed by atoms with Crippen LogP contribution in [0.4, 0.5) is 4.39 Å². The van der Waals surface area contributed by atoms with Crippen molar-refractivity contribution in [3.63, 3.8) is 0 Å². The van der Waals surface area contributed by atoms with Gasteiger partial charge in [-0.15, -0.1) is 0 Å². The van der Waals surface area contributed by atoms with Crippen LogP contribution in [0.3, 0.4) is 0 Å². The molecule has 2 rings (SSSR count). The van der Waals surface area contributed by atoms with Gasteiger partial charge in [-0.25, -0.2) is 4.39 Å². The van der Waals surface area contributed by atoms with E-state index in [-0.39, 0.29) is 5.82 Å². The predicted octanol–water partition coefficient (Wildman–Crippen LogP) is 2.05. The van der Waals surface area contributed by atoms with E-state index in [1.165, 1.54) is 6.07 Å². The lowest BCUT2D eigenvalue weighted by atomic mass is 10.1. The zero-order valence-electron chi connectivity index (χ0n) is 11.3. The van der Waals surface area contributed by atoms with Crippen LogP contribution in [0.1, 0.15) is 12.6 Å². The lowest BCUT2D eigenvalue weighted by molar-refractivity contribution is -0.144. The molecule has 1 heterocycles. The van der Waals surface area contributed by atoms with Crippen molar-refractivity contribution in [3.05, 3.63) is 54.1 Å². The van der Waals surface area contributed by atoms with Gasteiger partial charge in [0.2, 0.25) is 0 Å². The summed E-state index contributed by atoms with van der Waals surface area (Å²) >= 11 is 0. The van der Waals surface area contributed by atoms with Gasteiger partial charge in [-0.05, 0) is 31.2 Å².